The number of primary amides is 1. The highest BCUT2D eigenvalue weighted by Crippen LogP contribution is 2.42. The highest BCUT2D eigenvalue weighted by atomic mass is 16.2. The number of amides is 2. The number of hydrogen-bond acceptors (Lipinski definition) is 4. The van der Waals surface area contributed by atoms with E-state index < -0.39 is 5.91 Å². The number of ketones is 1. The number of carbonyl (C=O) groups is 3. The molecular weight excluding hydrogens is 368 g/mol. The highest BCUT2D eigenvalue weighted by molar-refractivity contribution is 6.00. The normalized spacial score (nSPS) is 24.6. The first-order chi connectivity index (χ1) is 13.8. The second-order valence-electron chi connectivity index (χ2n) is 9.80. The van der Waals surface area contributed by atoms with Crippen molar-refractivity contribution < 1.29 is 14.4 Å². The Bertz CT molecular complexity index is 835. The summed E-state index contributed by atoms with van der Waals surface area (Å²) < 4.78 is 1.62. The van der Waals surface area contributed by atoms with Crippen LogP contribution in [0.5, 0.6) is 0 Å². The van der Waals surface area contributed by atoms with Crippen molar-refractivity contribution in [2.45, 2.75) is 84.2 Å². The quantitative estimate of drug-likeness (QED) is 0.840. The molecule has 2 N–H and O–H groups in total. The molecule has 2 amide bonds. The fourth-order valence-electron chi connectivity index (χ4n) is 5.45. The SMILES string of the molecule is CC1(C)CC(=O)c2c([C@@H]3CCCN3C(=O)C3CCCCC3)nn(CC(N)=O)c2C1. The minimum Gasteiger partial charge on any atom is -0.368 e. The van der Waals surface area contributed by atoms with Crippen molar-refractivity contribution in [3.63, 3.8) is 0 Å². The van der Waals surface area contributed by atoms with Crippen molar-refractivity contribution in [2.75, 3.05) is 6.54 Å². The Morgan fingerprint density at radius 3 is 2.52 bits per heavy atom. The van der Waals surface area contributed by atoms with Gasteiger partial charge in [0.2, 0.25) is 11.8 Å². The van der Waals surface area contributed by atoms with Gasteiger partial charge in [-0.25, -0.2) is 0 Å². The highest BCUT2D eigenvalue weighted by Gasteiger charge is 2.42. The maximum absolute atomic E-state index is 13.3. The predicted molar refractivity (Wildman–Crippen MR) is 108 cm³/mol. The van der Waals surface area contributed by atoms with E-state index in [4.69, 9.17) is 10.8 Å². The molecule has 3 aliphatic rings. The summed E-state index contributed by atoms with van der Waals surface area (Å²) in [6.45, 7) is 4.80. The zero-order chi connectivity index (χ0) is 20.8. The minimum atomic E-state index is -0.473. The van der Waals surface area contributed by atoms with Gasteiger partial charge in [0.15, 0.2) is 5.78 Å². The molecule has 2 heterocycles. The van der Waals surface area contributed by atoms with Crippen molar-refractivity contribution >= 4 is 17.6 Å². The number of rotatable bonds is 4. The summed E-state index contributed by atoms with van der Waals surface area (Å²) in [5.74, 6) is -0.0883. The number of fused-ring (bicyclic) bond motifs is 1. The van der Waals surface area contributed by atoms with Gasteiger partial charge in [0, 0.05) is 18.9 Å². The fourth-order valence-corrected chi connectivity index (χ4v) is 5.45. The Morgan fingerprint density at radius 1 is 1.10 bits per heavy atom. The lowest BCUT2D eigenvalue weighted by Gasteiger charge is -2.32. The van der Waals surface area contributed by atoms with Gasteiger partial charge >= 0.3 is 0 Å². The summed E-state index contributed by atoms with van der Waals surface area (Å²) in [5, 5.41) is 4.71. The van der Waals surface area contributed by atoms with Crippen LogP contribution in [0.2, 0.25) is 0 Å². The van der Waals surface area contributed by atoms with E-state index in [1.165, 1.54) is 6.42 Å². The second-order valence-corrected chi connectivity index (χ2v) is 9.80. The van der Waals surface area contributed by atoms with Crippen molar-refractivity contribution in [3.05, 3.63) is 17.0 Å². The Kier molecular flexibility index (Phi) is 5.25. The Morgan fingerprint density at radius 2 is 1.83 bits per heavy atom. The van der Waals surface area contributed by atoms with Gasteiger partial charge in [-0.15, -0.1) is 0 Å². The Balaban J connectivity index is 1.70. The fraction of sp³-hybridized carbons (Fsp3) is 0.727. The van der Waals surface area contributed by atoms with Crippen molar-refractivity contribution in [1.82, 2.24) is 14.7 Å². The lowest BCUT2D eigenvalue weighted by Crippen LogP contribution is -2.37. The number of carbonyl (C=O) groups excluding carboxylic acids is 3. The zero-order valence-corrected chi connectivity index (χ0v) is 17.6. The van der Waals surface area contributed by atoms with Crippen LogP contribution < -0.4 is 5.73 Å². The topological polar surface area (TPSA) is 98.3 Å². The number of aromatic nitrogens is 2. The molecule has 158 valence electrons. The van der Waals surface area contributed by atoms with E-state index in [1.54, 1.807) is 4.68 Å². The van der Waals surface area contributed by atoms with Gasteiger partial charge in [0.25, 0.3) is 0 Å². The molecule has 0 aromatic carbocycles. The van der Waals surface area contributed by atoms with Crippen molar-refractivity contribution in [1.29, 1.82) is 0 Å². The predicted octanol–water partition coefficient (Wildman–Crippen LogP) is 2.77. The lowest BCUT2D eigenvalue weighted by atomic mass is 9.75. The van der Waals surface area contributed by atoms with Gasteiger partial charge in [-0.1, -0.05) is 33.1 Å². The standard InChI is InChI=1S/C22H32N4O3/c1-22(2)11-16-19(17(27)12-22)20(24-26(16)13-18(23)28)15-9-6-10-25(15)21(29)14-7-4-3-5-8-14/h14-15H,3-13H2,1-2H3,(H2,23,28)/t15-/m0/s1. The number of likely N-dealkylation sites (tertiary alicyclic amines) is 1. The molecule has 2 fully saturated rings. The first-order valence-electron chi connectivity index (χ1n) is 11.0. The van der Waals surface area contributed by atoms with Gasteiger partial charge in [-0.05, 0) is 37.5 Å². The largest absolute Gasteiger partial charge is 0.368 e. The van der Waals surface area contributed by atoms with Crippen LogP contribution in [-0.2, 0) is 22.6 Å². The molecule has 0 bridgehead atoms. The lowest BCUT2D eigenvalue weighted by molar-refractivity contribution is -0.137. The van der Waals surface area contributed by atoms with E-state index in [9.17, 15) is 14.4 Å². The van der Waals surface area contributed by atoms with Crippen molar-refractivity contribution in [2.24, 2.45) is 17.1 Å². The molecule has 1 saturated heterocycles. The average molecular weight is 401 g/mol. The molecule has 1 aromatic heterocycles. The molecule has 0 radical (unpaired) electrons. The van der Waals surface area contributed by atoms with Crippen LogP contribution in [0.3, 0.4) is 0 Å². The van der Waals surface area contributed by atoms with Gasteiger partial charge in [-0.3, -0.25) is 19.1 Å². The summed E-state index contributed by atoms with van der Waals surface area (Å²) in [7, 11) is 0. The van der Waals surface area contributed by atoms with Crippen molar-refractivity contribution in [3.8, 4) is 0 Å². The summed E-state index contributed by atoms with van der Waals surface area (Å²) in [4.78, 5) is 39.9. The maximum atomic E-state index is 13.3. The van der Waals surface area contributed by atoms with Crippen LogP contribution >= 0.6 is 0 Å². The van der Waals surface area contributed by atoms with Crippen LogP contribution in [0.4, 0.5) is 0 Å². The summed E-state index contributed by atoms with van der Waals surface area (Å²) in [6, 6.07) is -0.169. The van der Waals surface area contributed by atoms with E-state index >= 15 is 0 Å². The molecule has 0 unspecified atom stereocenters. The monoisotopic (exact) mass is 400 g/mol. The van der Waals surface area contributed by atoms with E-state index in [0.29, 0.717) is 24.1 Å². The number of nitrogens with zero attached hydrogens (tertiary/aromatic N) is 3. The molecule has 0 spiro atoms. The summed E-state index contributed by atoms with van der Waals surface area (Å²) >= 11 is 0. The number of Topliss-reactive ketones (excluding diaryl/α,β-unsaturated/α-hetero) is 1. The molecule has 29 heavy (non-hydrogen) atoms. The van der Waals surface area contributed by atoms with Crippen LogP contribution in [0, 0.1) is 11.3 Å². The van der Waals surface area contributed by atoms with Gasteiger partial charge < -0.3 is 10.6 Å². The molecule has 7 heteroatoms. The second kappa shape index (κ2) is 7.58. The maximum Gasteiger partial charge on any atom is 0.239 e. The molecule has 7 nitrogen and oxygen atoms in total. The Hall–Kier alpha value is -2.18. The van der Waals surface area contributed by atoms with Crippen LogP contribution in [-0.4, -0.2) is 38.8 Å². The molecule has 1 aliphatic heterocycles. The Labute approximate surface area is 172 Å². The number of hydrogen-bond donors (Lipinski definition) is 1. The van der Waals surface area contributed by atoms with Crippen LogP contribution in [0.25, 0.3) is 0 Å². The van der Waals surface area contributed by atoms with Gasteiger partial charge in [0.1, 0.15) is 6.54 Å². The van der Waals surface area contributed by atoms with Gasteiger partial charge in [0.05, 0.1) is 23.0 Å². The van der Waals surface area contributed by atoms with E-state index in [1.807, 2.05) is 4.90 Å². The zero-order valence-electron chi connectivity index (χ0n) is 17.6. The minimum absolute atomic E-state index is 0.0328. The third-order valence-corrected chi connectivity index (χ3v) is 6.76. The molecule has 1 aromatic rings. The number of nitrogens with two attached hydrogens (primary N) is 1. The first kappa shape index (κ1) is 20.1. The molecule has 2 aliphatic carbocycles. The van der Waals surface area contributed by atoms with E-state index in [-0.39, 0.29) is 35.6 Å². The molecule has 1 saturated carbocycles. The third-order valence-electron chi connectivity index (χ3n) is 6.76. The average Bonchev–Trinajstić information content (AvgIpc) is 3.26. The molecular formula is C22H32N4O3. The van der Waals surface area contributed by atoms with E-state index in [2.05, 4.69) is 13.8 Å². The summed E-state index contributed by atoms with van der Waals surface area (Å²) in [6.07, 6.45) is 8.23. The van der Waals surface area contributed by atoms with Gasteiger partial charge in [-0.2, -0.15) is 5.10 Å². The third kappa shape index (κ3) is 3.83. The van der Waals surface area contributed by atoms with Crippen LogP contribution in [0.1, 0.15) is 93.0 Å². The summed E-state index contributed by atoms with van der Waals surface area (Å²) in [5.41, 5.74) is 7.39. The molecule has 1 atom stereocenters. The smallest absolute Gasteiger partial charge is 0.239 e. The van der Waals surface area contributed by atoms with Crippen LogP contribution in [0.15, 0.2) is 0 Å². The van der Waals surface area contributed by atoms with E-state index in [0.717, 1.165) is 50.8 Å². The first-order valence-corrected chi connectivity index (χ1v) is 11.0. The molecule has 4 rings (SSSR count).